The molecule has 0 fully saturated rings. The summed E-state index contributed by atoms with van der Waals surface area (Å²) in [5, 5.41) is 2.47. The van der Waals surface area contributed by atoms with E-state index >= 15 is 0 Å². The van der Waals surface area contributed by atoms with E-state index in [2.05, 4.69) is 198 Å². The Hall–Kier alpha value is -5.40. The zero-order valence-electron chi connectivity index (χ0n) is 31.3. The van der Waals surface area contributed by atoms with E-state index in [1.54, 1.807) is 0 Å². The van der Waals surface area contributed by atoms with Crippen LogP contribution in [-0.4, -0.2) is 0 Å². The van der Waals surface area contributed by atoms with Crippen molar-refractivity contribution < 1.29 is 0 Å². The lowest BCUT2D eigenvalue weighted by Gasteiger charge is -2.43. The van der Waals surface area contributed by atoms with Gasteiger partial charge in [0.15, 0.2) is 0 Å². The van der Waals surface area contributed by atoms with Crippen molar-refractivity contribution >= 4 is 27.8 Å². The minimum absolute atomic E-state index is 0.127. The Morgan fingerprint density at radius 1 is 0.423 bits per heavy atom. The third kappa shape index (κ3) is 5.05. The van der Waals surface area contributed by atoms with Crippen molar-refractivity contribution in [3.8, 4) is 33.4 Å². The number of anilines is 3. The van der Waals surface area contributed by atoms with Gasteiger partial charge in [0.1, 0.15) is 0 Å². The lowest BCUT2D eigenvalue weighted by Crippen LogP contribution is -2.34. The summed E-state index contributed by atoms with van der Waals surface area (Å²) < 4.78 is 0. The van der Waals surface area contributed by atoms with Gasteiger partial charge in [-0.1, -0.05) is 163 Å². The summed E-state index contributed by atoms with van der Waals surface area (Å²) in [5.41, 5.74) is 17.2. The number of benzene rings is 7. The molecule has 9 rings (SSSR count). The molecular weight excluding hydrogens is 627 g/mol. The van der Waals surface area contributed by atoms with Crippen LogP contribution in [0.15, 0.2) is 152 Å². The first-order valence-corrected chi connectivity index (χ1v) is 18.9. The first kappa shape index (κ1) is 32.5. The summed E-state index contributed by atoms with van der Waals surface area (Å²) in [6.45, 7) is 14.4. The maximum atomic E-state index is 2.49. The zero-order valence-corrected chi connectivity index (χ0v) is 31.3. The molecule has 0 radical (unpaired) electrons. The van der Waals surface area contributed by atoms with Crippen molar-refractivity contribution in [3.05, 3.63) is 174 Å². The van der Waals surface area contributed by atoms with Gasteiger partial charge in [0.2, 0.25) is 0 Å². The van der Waals surface area contributed by atoms with E-state index in [4.69, 9.17) is 0 Å². The third-order valence-corrected chi connectivity index (χ3v) is 12.3. The predicted octanol–water partition coefficient (Wildman–Crippen LogP) is 14.3. The van der Waals surface area contributed by atoms with E-state index in [1.807, 2.05) is 0 Å². The number of fused-ring (bicyclic) bond motifs is 5. The van der Waals surface area contributed by atoms with Crippen LogP contribution in [0.3, 0.4) is 0 Å². The van der Waals surface area contributed by atoms with Gasteiger partial charge in [-0.3, -0.25) is 0 Å². The molecule has 0 saturated carbocycles. The normalized spacial score (nSPS) is 16.2. The molecule has 7 aromatic rings. The van der Waals surface area contributed by atoms with Gasteiger partial charge in [-0.2, -0.15) is 0 Å². The van der Waals surface area contributed by atoms with Crippen molar-refractivity contribution in [2.45, 2.75) is 70.6 Å². The van der Waals surface area contributed by atoms with Crippen molar-refractivity contribution in [2.75, 3.05) is 4.90 Å². The van der Waals surface area contributed by atoms with Crippen LogP contribution in [-0.2, 0) is 16.2 Å². The van der Waals surface area contributed by atoms with E-state index in [0.29, 0.717) is 0 Å². The summed E-state index contributed by atoms with van der Waals surface area (Å²) in [6.07, 6.45) is 2.41. The van der Waals surface area contributed by atoms with Gasteiger partial charge >= 0.3 is 0 Å². The lowest BCUT2D eigenvalue weighted by atomic mass is 9.61. The highest BCUT2D eigenvalue weighted by Gasteiger charge is 2.39. The Morgan fingerprint density at radius 3 is 1.81 bits per heavy atom. The highest BCUT2D eigenvalue weighted by Crippen LogP contribution is 2.54. The number of hydrogen-bond donors (Lipinski definition) is 0. The minimum Gasteiger partial charge on any atom is -0.309 e. The van der Waals surface area contributed by atoms with Crippen LogP contribution >= 0.6 is 0 Å². The molecular formula is C51H47N. The fraction of sp³-hybridized carbons (Fsp3) is 0.216. The fourth-order valence-corrected chi connectivity index (χ4v) is 9.34. The van der Waals surface area contributed by atoms with Gasteiger partial charge < -0.3 is 4.90 Å². The Morgan fingerprint density at radius 2 is 1.02 bits per heavy atom. The molecule has 0 heterocycles. The second-order valence-electron chi connectivity index (χ2n) is 16.8. The Kier molecular flexibility index (Phi) is 7.39. The molecule has 0 saturated heterocycles. The van der Waals surface area contributed by atoms with Crippen LogP contribution in [0.4, 0.5) is 17.1 Å². The van der Waals surface area contributed by atoms with Crippen molar-refractivity contribution in [3.63, 3.8) is 0 Å². The van der Waals surface area contributed by atoms with Crippen molar-refractivity contribution in [1.29, 1.82) is 0 Å². The molecule has 1 nitrogen and oxygen atoms in total. The quantitative estimate of drug-likeness (QED) is 0.176. The lowest BCUT2D eigenvalue weighted by molar-refractivity contribution is 0.333. The molecule has 7 aromatic carbocycles. The maximum absolute atomic E-state index is 2.49. The molecule has 0 amide bonds. The highest BCUT2D eigenvalue weighted by molar-refractivity contribution is 6.02. The van der Waals surface area contributed by atoms with E-state index in [0.717, 1.165) is 5.69 Å². The van der Waals surface area contributed by atoms with E-state index < -0.39 is 0 Å². The number of hydrogen-bond acceptors (Lipinski definition) is 1. The molecule has 0 unspecified atom stereocenters. The molecule has 0 bridgehead atoms. The second-order valence-corrected chi connectivity index (χ2v) is 16.8. The smallest absolute Gasteiger partial charge is 0.0543 e. The van der Waals surface area contributed by atoms with Gasteiger partial charge in [0, 0.05) is 22.1 Å². The molecule has 256 valence electrons. The molecule has 0 atom stereocenters. The zero-order chi connectivity index (χ0) is 35.8. The van der Waals surface area contributed by atoms with Crippen LogP contribution in [0.5, 0.6) is 0 Å². The van der Waals surface area contributed by atoms with Crippen LogP contribution in [0.25, 0.3) is 44.2 Å². The van der Waals surface area contributed by atoms with Crippen molar-refractivity contribution in [2.24, 2.45) is 0 Å². The SMILES string of the molecule is CC1(C)CCC(C)(C)c2c(-c3ccc(-c4cc5c(cc4N(c4ccccc4)c4cccc6ccccc46)C(C)(C)c4ccccc4-5)cc3)cccc21. The number of rotatable bonds is 5. The average Bonchev–Trinajstić information content (AvgIpc) is 3.39. The molecule has 2 aliphatic rings. The third-order valence-electron chi connectivity index (χ3n) is 12.3. The summed E-state index contributed by atoms with van der Waals surface area (Å²) >= 11 is 0. The van der Waals surface area contributed by atoms with E-state index in [1.165, 1.54) is 90.6 Å². The number of nitrogens with zero attached hydrogens (tertiary/aromatic N) is 1. The summed E-state index contributed by atoms with van der Waals surface area (Å²) in [7, 11) is 0. The van der Waals surface area contributed by atoms with Crippen molar-refractivity contribution in [1.82, 2.24) is 0 Å². The van der Waals surface area contributed by atoms with Gasteiger partial charge in [-0.25, -0.2) is 0 Å². The van der Waals surface area contributed by atoms with Crippen LogP contribution in [0.1, 0.15) is 76.6 Å². The van der Waals surface area contributed by atoms with Gasteiger partial charge in [-0.05, 0) is 109 Å². The first-order chi connectivity index (χ1) is 25.0. The van der Waals surface area contributed by atoms with Gasteiger partial charge in [0.05, 0.1) is 11.4 Å². The standard InChI is InChI=1S/C51H47N/c1-49(2)30-31-50(3,4)48-39(22-15-24-44(48)49)35-26-28-36(29-27-35)41-32-42-40-21-12-13-23-43(40)51(5,6)45(42)33-47(41)52(37-18-8-7-9-19-37)46-25-14-17-34-16-10-11-20-38(34)46/h7-29,32-33H,30-31H2,1-6H3. The summed E-state index contributed by atoms with van der Waals surface area (Å²) in [4.78, 5) is 2.49. The van der Waals surface area contributed by atoms with Gasteiger partial charge in [-0.15, -0.1) is 0 Å². The predicted molar refractivity (Wildman–Crippen MR) is 222 cm³/mol. The molecule has 0 N–H and O–H groups in total. The molecule has 0 aliphatic heterocycles. The second kappa shape index (κ2) is 11.8. The molecule has 0 aromatic heterocycles. The van der Waals surface area contributed by atoms with E-state index in [9.17, 15) is 0 Å². The minimum atomic E-state index is -0.128. The fourth-order valence-electron chi connectivity index (χ4n) is 9.34. The molecule has 52 heavy (non-hydrogen) atoms. The summed E-state index contributed by atoms with van der Waals surface area (Å²) in [6, 6.07) is 56.7. The van der Waals surface area contributed by atoms with Gasteiger partial charge in [0.25, 0.3) is 0 Å². The number of para-hydroxylation sites is 1. The van der Waals surface area contributed by atoms with E-state index in [-0.39, 0.29) is 16.2 Å². The topological polar surface area (TPSA) is 3.24 Å². The Bertz CT molecular complexity index is 2470. The average molecular weight is 674 g/mol. The molecule has 0 spiro atoms. The molecule has 1 heteroatoms. The first-order valence-electron chi connectivity index (χ1n) is 18.9. The summed E-state index contributed by atoms with van der Waals surface area (Å²) in [5.74, 6) is 0. The maximum Gasteiger partial charge on any atom is 0.0543 e. The molecule has 2 aliphatic carbocycles. The van der Waals surface area contributed by atoms with Crippen LogP contribution < -0.4 is 4.90 Å². The Balaban J connectivity index is 1.29. The largest absolute Gasteiger partial charge is 0.309 e. The highest BCUT2D eigenvalue weighted by atomic mass is 15.1. The van der Waals surface area contributed by atoms with Crippen LogP contribution in [0.2, 0.25) is 0 Å². The monoisotopic (exact) mass is 673 g/mol. The van der Waals surface area contributed by atoms with Crippen LogP contribution in [0, 0.1) is 0 Å². The Labute approximate surface area is 309 Å².